The molecule has 2 fully saturated rings. The third kappa shape index (κ3) is 5.35. The highest BCUT2D eigenvalue weighted by atomic mass is 16.5. The molecule has 1 atom stereocenters. The molecule has 184 valence electrons. The number of amides is 3. The van der Waals surface area contributed by atoms with Crippen molar-refractivity contribution < 1.29 is 23.9 Å². The predicted molar refractivity (Wildman–Crippen MR) is 126 cm³/mol. The molecule has 0 aliphatic carbocycles. The Morgan fingerprint density at radius 3 is 2.35 bits per heavy atom. The van der Waals surface area contributed by atoms with Gasteiger partial charge in [0.05, 0.1) is 25.3 Å². The SMILES string of the molecule is CCOC(=O)C1=C(CN2CCC(C(=O)N3CCCC3)CC2)NC(=O)NC1c1ccc(OC)cc1. The van der Waals surface area contributed by atoms with Gasteiger partial charge in [-0.05, 0) is 63.4 Å². The number of methoxy groups -OCH3 is 1. The molecule has 0 spiro atoms. The Hall–Kier alpha value is -3.07. The number of rotatable bonds is 7. The lowest BCUT2D eigenvalue weighted by Gasteiger charge is -2.36. The minimum absolute atomic E-state index is 0.0579. The van der Waals surface area contributed by atoms with Gasteiger partial charge in [-0.3, -0.25) is 9.69 Å². The zero-order valence-corrected chi connectivity index (χ0v) is 20.0. The van der Waals surface area contributed by atoms with E-state index in [9.17, 15) is 14.4 Å². The fourth-order valence-electron chi connectivity index (χ4n) is 5.00. The summed E-state index contributed by atoms with van der Waals surface area (Å²) in [4.78, 5) is 42.5. The molecule has 34 heavy (non-hydrogen) atoms. The van der Waals surface area contributed by atoms with Crippen LogP contribution in [-0.4, -0.2) is 74.1 Å². The average Bonchev–Trinajstić information content (AvgIpc) is 3.39. The van der Waals surface area contributed by atoms with Crippen LogP contribution in [0.4, 0.5) is 4.79 Å². The van der Waals surface area contributed by atoms with Crippen LogP contribution in [0.25, 0.3) is 0 Å². The molecule has 0 aromatic heterocycles. The van der Waals surface area contributed by atoms with Crippen LogP contribution in [0.5, 0.6) is 5.75 Å². The number of carbonyl (C=O) groups excluding carboxylic acids is 3. The summed E-state index contributed by atoms with van der Waals surface area (Å²) in [5.41, 5.74) is 1.72. The van der Waals surface area contributed by atoms with E-state index >= 15 is 0 Å². The fraction of sp³-hybridized carbons (Fsp3) is 0.560. The number of nitrogens with zero attached hydrogens (tertiary/aromatic N) is 2. The summed E-state index contributed by atoms with van der Waals surface area (Å²) in [6.45, 7) is 5.64. The van der Waals surface area contributed by atoms with Crippen LogP contribution in [0.15, 0.2) is 35.5 Å². The highest BCUT2D eigenvalue weighted by Crippen LogP contribution is 2.30. The summed E-state index contributed by atoms with van der Waals surface area (Å²) in [7, 11) is 1.59. The molecule has 0 saturated carbocycles. The van der Waals surface area contributed by atoms with Crippen molar-refractivity contribution in [3.63, 3.8) is 0 Å². The predicted octanol–water partition coefficient (Wildman–Crippen LogP) is 2.20. The van der Waals surface area contributed by atoms with Gasteiger partial charge in [-0.25, -0.2) is 9.59 Å². The van der Waals surface area contributed by atoms with Crippen LogP contribution in [0, 0.1) is 5.92 Å². The quantitative estimate of drug-likeness (QED) is 0.593. The second-order valence-electron chi connectivity index (χ2n) is 9.00. The summed E-state index contributed by atoms with van der Waals surface area (Å²) in [6, 6.07) is 6.29. The minimum atomic E-state index is -0.622. The Bertz CT molecular complexity index is 931. The van der Waals surface area contributed by atoms with Gasteiger partial charge in [0, 0.05) is 31.2 Å². The molecule has 3 amide bonds. The Balaban J connectivity index is 1.51. The van der Waals surface area contributed by atoms with Crippen molar-refractivity contribution in [3.8, 4) is 5.75 Å². The monoisotopic (exact) mass is 470 g/mol. The van der Waals surface area contributed by atoms with Crippen LogP contribution in [0.2, 0.25) is 0 Å². The molecule has 9 heteroatoms. The van der Waals surface area contributed by atoms with Crippen molar-refractivity contribution in [2.24, 2.45) is 5.92 Å². The van der Waals surface area contributed by atoms with E-state index in [1.54, 1.807) is 26.2 Å². The lowest BCUT2D eigenvalue weighted by molar-refractivity contribution is -0.139. The standard InChI is InChI=1S/C25H34N4O5/c1-3-34-24(31)21-20(26-25(32)27-22(21)17-6-8-19(33-2)9-7-17)16-28-14-10-18(11-15-28)23(30)29-12-4-5-13-29/h6-9,18,22H,3-5,10-16H2,1-2H3,(H2,26,27,32). The van der Waals surface area contributed by atoms with Crippen molar-refractivity contribution in [1.82, 2.24) is 20.4 Å². The average molecular weight is 471 g/mol. The lowest BCUT2D eigenvalue weighted by atomic mass is 9.93. The molecule has 9 nitrogen and oxygen atoms in total. The van der Waals surface area contributed by atoms with Crippen LogP contribution < -0.4 is 15.4 Å². The Labute approximate surface area is 200 Å². The Kier molecular flexibility index (Phi) is 7.72. The smallest absolute Gasteiger partial charge is 0.338 e. The van der Waals surface area contributed by atoms with Gasteiger partial charge in [-0.2, -0.15) is 0 Å². The van der Waals surface area contributed by atoms with Crippen molar-refractivity contribution in [2.75, 3.05) is 46.4 Å². The van der Waals surface area contributed by atoms with Gasteiger partial charge in [0.25, 0.3) is 0 Å². The number of ether oxygens (including phenoxy) is 2. The third-order valence-corrected chi connectivity index (χ3v) is 6.83. The minimum Gasteiger partial charge on any atom is -0.497 e. The summed E-state index contributed by atoms with van der Waals surface area (Å²) < 4.78 is 10.6. The maximum Gasteiger partial charge on any atom is 0.338 e. The number of esters is 1. The summed E-state index contributed by atoms with van der Waals surface area (Å²) in [5, 5.41) is 5.70. The molecule has 2 N–H and O–H groups in total. The zero-order chi connectivity index (χ0) is 24.1. The van der Waals surface area contributed by atoms with Gasteiger partial charge in [-0.1, -0.05) is 12.1 Å². The van der Waals surface area contributed by atoms with Crippen LogP contribution in [0.1, 0.15) is 44.2 Å². The van der Waals surface area contributed by atoms with Gasteiger partial charge < -0.3 is 25.0 Å². The van der Waals surface area contributed by atoms with Crippen LogP contribution in [-0.2, 0) is 14.3 Å². The van der Waals surface area contributed by atoms with E-state index < -0.39 is 12.0 Å². The molecule has 1 unspecified atom stereocenters. The first kappa shape index (κ1) is 24.1. The van der Waals surface area contributed by atoms with Crippen LogP contribution in [0.3, 0.4) is 0 Å². The van der Waals surface area contributed by atoms with E-state index in [4.69, 9.17) is 9.47 Å². The molecule has 1 aromatic rings. The zero-order valence-electron chi connectivity index (χ0n) is 20.0. The van der Waals surface area contributed by atoms with Crippen molar-refractivity contribution in [2.45, 2.75) is 38.6 Å². The van der Waals surface area contributed by atoms with E-state index in [0.29, 0.717) is 23.6 Å². The highest BCUT2D eigenvalue weighted by molar-refractivity contribution is 5.95. The summed E-state index contributed by atoms with van der Waals surface area (Å²) in [5.74, 6) is 0.572. The normalized spacial score (nSPS) is 21.8. The van der Waals surface area contributed by atoms with E-state index in [1.807, 2.05) is 17.0 Å². The van der Waals surface area contributed by atoms with Crippen molar-refractivity contribution in [1.29, 1.82) is 0 Å². The number of nitrogens with one attached hydrogen (secondary N) is 2. The lowest BCUT2D eigenvalue weighted by Crippen LogP contribution is -2.49. The van der Waals surface area contributed by atoms with Gasteiger partial charge in [0.1, 0.15) is 5.75 Å². The van der Waals surface area contributed by atoms with Crippen molar-refractivity contribution in [3.05, 3.63) is 41.1 Å². The number of benzene rings is 1. The number of urea groups is 1. The maximum atomic E-state index is 13.0. The number of hydrogen-bond acceptors (Lipinski definition) is 6. The third-order valence-electron chi connectivity index (χ3n) is 6.83. The number of carbonyl (C=O) groups is 3. The highest BCUT2D eigenvalue weighted by Gasteiger charge is 2.36. The van der Waals surface area contributed by atoms with Crippen LogP contribution >= 0.6 is 0 Å². The first-order valence-electron chi connectivity index (χ1n) is 12.1. The van der Waals surface area contributed by atoms with E-state index in [0.717, 1.165) is 57.4 Å². The molecular formula is C25H34N4O5. The summed E-state index contributed by atoms with van der Waals surface area (Å²) >= 11 is 0. The first-order chi connectivity index (χ1) is 16.5. The van der Waals surface area contributed by atoms with Gasteiger partial charge in [-0.15, -0.1) is 0 Å². The molecule has 3 aliphatic rings. The van der Waals surface area contributed by atoms with Gasteiger partial charge in [0.2, 0.25) is 5.91 Å². The first-order valence-corrected chi connectivity index (χ1v) is 12.1. The molecule has 0 radical (unpaired) electrons. The molecule has 0 bridgehead atoms. The maximum absolute atomic E-state index is 13.0. The van der Waals surface area contributed by atoms with Crippen molar-refractivity contribution >= 4 is 17.9 Å². The topological polar surface area (TPSA) is 100 Å². The Morgan fingerprint density at radius 2 is 1.74 bits per heavy atom. The number of hydrogen-bond donors (Lipinski definition) is 2. The van der Waals surface area contributed by atoms with E-state index in [1.165, 1.54) is 0 Å². The Morgan fingerprint density at radius 1 is 1.06 bits per heavy atom. The second-order valence-corrected chi connectivity index (χ2v) is 9.00. The van der Waals surface area contributed by atoms with E-state index in [2.05, 4.69) is 15.5 Å². The molecule has 1 aromatic carbocycles. The molecule has 3 aliphatic heterocycles. The number of piperidine rings is 1. The molecule has 3 heterocycles. The molecule has 2 saturated heterocycles. The second kappa shape index (κ2) is 10.9. The molecular weight excluding hydrogens is 436 g/mol. The van der Waals surface area contributed by atoms with E-state index in [-0.39, 0.29) is 24.5 Å². The van der Waals surface area contributed by atoms with Gasteiger partial charge >= 0.3 is 12.0 Å². The largest absolute Gasteiger partial charge is 0.497 e. The fourth-order valence-corrected chi connectivity index (χ4v) is 5.00. The number of likely N-dealkylation sites (tertiary alicyclic amines) is 2. The molecule has 4 rings (SSSR count). The van der Waals surface area contributed by atoms with Gasteiger partial charge in [0.15, 0.2) is 0 Å². The summed E-state index contributed by atoms with van der Waals surface area (Å²) in [6.07, 6.45) is 3.76.